The Bertz CT molecular complexity index is 418. The van der Waals surface area contributed by atoms with Crippen LogP contribution in [-0.2, 0) is 11.3 Å². The summed E-state index contributed by atoms with van der Waals surface area (Å²) in [5.41, 5.74) is 7.88. The summed E-state index contributed by atoms with van der Waals surface area (Å²) in [5.74, 6) is 0. The minimum Gasteiger partial charge on any atom is -0.389 e. The van der Waals surface area contributed by atoms with Gasteiger partial charge in [-0.3, -0.25) is 4.90 Å². The van der Waals surface area contributed by atoms with E-state index in [4.69, 9.17) is 22.7 Å². The molecule has 18 heavy (non-hydrogen) atoms. The quantitative estimate of drug-likeness (QED) is 0.764. The SMILES string of the molecule is COCCN(Cc1cccc(C(N)=S)c1)C1CC1. The van der Waals surface area contributed by atoms with Crippen LogP contribution >= 0.6 is 12.2 Å². The Labute approximate surface area is 114 Å². The number of methoxy groups -OCH3 is 1. The van der Waals surface area contributed by atoms with Crippen molar-refractivity contribution in [3.63, 3.8) is 0 Å². The highest BCUT2D eigenvalue weighted by atomic mass is 32.1. The van der Waals surface area contributed by atoms with Crippen molar-refractivity contribution in [1.82, 2.24) is 4.90 Å². The summed E-state index contributed by atoms with van der Waals surface area (Å²) < 4.78 is 5.17. The molecule has 1 saturated carbocycles. The van der Waals surface area contributed by atoms with Gasteiger partial charge in [0.2, 0.25) is 0 Å². The van der Waals surface area contributed by atoms with Gasteiger partial charge in [0.25, 0.3) is 0 Å². The molecule has 4 heteroatoms. The molecule has 0 aromatic heterocycles. The third-order valence-corrected chi connectivity index (χ3v) is 3.48. The van der Waals surface area contributed by atoms with Gasteiger partial charge in [0.1, 0.15) is 4.99 Å². The molecule has 0 aliphatic heterocycles. The average molecular weight is 264 g/mol. The summed E-state index contributed by atoms with van der Waals surface area (Å²) in [5, 5.41) is 0. The lowest BCUT2D eigenvalue weighted by Gasteiger charge is -2.21. The Hall–Kier alpha value is -0.970. The molecule has 1 aromatic carbocycles. The number of hydrogen-bond acceptors (Lipinski definition) is 3. The molecule has 2 rings (SSSR count). The zero-order chi connectivity index (χ0) is 13.0. The molecular weight excluding hydrogens is 244 g/mol. The second kappa shape index (κ2) is 6.27. The van der Waals surface area contributed by atoms with Crippen molar-refractivity contribution >= 4 is 17.2 Å². The Balaban J connectivity index is 2.01. The molecular formula is C14H20N2OS. The van der Waals surface area contributed by atoms with E-state index in [-0.39, 0.29) is 0 Å². The number of hydrogen-bond donors (Lipinski definition) is 1. The van der Waals surface area contributed by atoms with E-state index < -0.39 is 0 Å². The molecule has 1 aliphatic rings. The fourth-order valence-electron chi connectivity index (χ4n) is 2.10. The molecule has 0 atom stereocenters. The van der Waals surface area contributed by atoms with Crippen LogP contribution in [0.15, 0.2) is 24.3 Å². The predicted molar refractivity (Wildman–Crippen MR) is 77.6 cm³/mol. The first-order valence-corrected chi connectivity index (χ1v) is 6.73. The average Bonchev–Trinajstić information content (AvgIpc) is 3.19. The van der Waals surface area contributed by atoms with Crippen molar-refractivity contribution in [2.24, 2.45) is 5.73 Å². The third kappa shape index (κ3) is 3.77. The zero-order valence-corrected chi connectivity index (χ0v) is 11.6. The maximum atomic E-state index is 5.66. The van der Waals surface area contributed by atoms with Crippen LogP contribution in [0.2, 0.25) is 0 Å². The van der Waals surface area contributed by atoms with E-state index in [1.165, 1.54) is 18.4 Å². The maximum absolute atomic E-state index is 5.66. The van der Waals surface area contributed by atoms with Crippen LogP contribution < -0.4 is 5.73 Å². The molecule has 98 valence electrons. The highest BCUT2D eigenvalue weighted by molar-refractivity contribution is 7.80. The first-order valence-electron chi connectivity index (χ1n) is 6.32. The molecule has 0 saturated heterocycles. The second-order valence-corrected chi connectivity index (χ2v) is 5.20. The number of rotatable bonds is 7. The number of nitrogens with two attached hydrogens (primary N) is 1. The number of benzene rings is 1. The number of thiocarbonyl (C=S) groups is 1. The smallest absolute Gasteiger partial charge is 0.103 e. The van der Waals surface area contributed by atoms with Gasteiger partial charge >= 0.3 is 0 Å². The Morgan fingerprint density at radius 1 is 1.50 bits per heavy atom. The summed E-state index contributed by atoms with van der Waals surface area (Å²) in [7, 11) is 1.75. The molecule has 0 radical (unpaired) electrons. The third-order valence-electron chi connectivity index (χ3n) is 3.24. The first kappa shape index (κ1) is 13.5. The second-order valence-electron chi connectivity index (χ2n) is 4.76. The fourth-order valence-corrected chi connectivity index (χ4v) is 2.22. The standard InChI is InChI=1S/C14H20N2OS/c1-17-8-7-16(13-5-6-13)10-11-3-2-4-12(9-11)14(15)18/h2-4,9,13H,5-8,10H2,1H3,(H2,15,18). The van der Waals surface area contributed by atoms with Crippen LogP contribution in [0.5, 0.6) is 0 Å². The molecule has 2 N–H and O–H groups in total. The molecule has 3 nitrogen and oxygen atoms in total. The van der Waals surface area contributed by atoms with E-state index >= 15 is 0 Å². The van der Waals surface area contributed by atoms with Gasteiger partial charge in [-0.15, -0.1) is 0 Å². The van der Waals surface area contributed by atoms with E-state index in [1.807, 2.05) is 12.1 Å². The van der Waals surface area contributed by atoms with Crippen LogP contribution in [0.25, 0.3) is 0 Å². The Morgan fingerprint density at radius 2 is 2.28 bits per heavy atom. The van der Waals surface area contributed by atoms with Crippen molar-refractivity contribution in [3.8, 4) is 0 Å². The molecule has 1 aliphatic carbocycles. The molecule has 1 fully saturated rings. The molecule has 0 bridgehead atoms. The monoisotopic (exact) mass is 264 g/mol. The van der Waals surface area contributed by atoms with Gasteiger partial charge in [-0.05, 0) is 24.5 Å². The number of ether oxygens (including phenoxy) is 1. The molecule has 0 unspecified atom stereocenters. The highest BCUT2D eigenvalue weighted by Crippen LogP contribution is 2.28. The highest BCUT2D eigenvalue weighted by Gasteiger charge is 2.28. The van der Waals surface area contributed by atoms with Gasteiger partial charge < -0.3 is 10.5 Å². The van der Waals surface area contributed by atoms with E-state index in [9.17, 15) is 0 Å². The summed E-state index contributed by atoms with van der Waals surface area (Å²) in [4.78, 5) is 2.94. The zero-order valence-electron chi connectivity index (χ0n) is 10.8. The van der Waals surface area contributed by atoms with E-state index in [1.54, 1.807) is 7.11 Å². The lowest BCUT2D eigenvalue weighted by Crippen LogP contribution is -2.29. The minimum atomic E-state index is 0.465. The van der Waals surface area contributed by atoms with Crippen molar-refractivity contribution in [2.45, 2.75) is 25.4 Å². The van der Waals surface area contributed by atoms with Crippen LogP contribution in [0.1, 0.15) is 24.0 Å². The van der Waals surface area contributed by atoms with Crippen molar-refractivity contribution < 1.29 is 4.74 Å². The molecule has 1 aromatic rings. The summed E-state index contributed by atoms with van der Waals surface area (Å²) in [6.07, 6.45) is 2.61. The van der Waals surface area contributed by atoms with Crippen molar-refractivity contribution in [3.05, 3.63) is 35.4 Å². The normalized spacial score (nSPS) is 15.0. The van der Waals surface area contributed by atoms with Crippen molar-refractivity contribution in [1.29, 1.82) is 0 Å². The van der Waals surface area contributed by atoms with Gasteiger partial charge in [-0.2, -0.15) is 0 Å². The lowest BCUT2D eigenvalue weighted by molar-refractivity contribution is 0.139. The van der Waals surface area contributed by atoms with E-state index in [2.05, 4.69) is 17.0 Å². The van der Waals surface area contributed by atoms with Gasteiger partial charge in [0, 0.05) is 31.8 Å². The minimum absolute atomic E-state index is 0.465. The Kier molecular flexibility index (Phi) is 4.69. The largest absolute Gasteiger partial charge is 0.389 e. The fraction of sp³-hybridized carbons (Fsp3) is 0.500. The van der Waals surface area contributed by atoms with E-state index in [0.29, 0.717) is 4.99 Å². The summed E-state index contributed by atoms with van der Waals surface area (Å²) >= 11 is 5.01. The Morgan fingerprint density at radius 3 is 2.89 bits per heavy atom. The van der Waals surface area contributed by atoms with Gasteiger partial charge in [0.15, 0.2) is 0 Å². The van der Waals surface area contributed by atoms with Gasteiger partial charge in [0.05, 0.1) is 6.61 Å². The van der Waals surface area contributed by atoms with Gasteiger partial charge in [-0.1, -0.05) is 30.4 Å². The molecule has 0 spiro atoms. The molecule has 0 amide bonds. The van der Waals surface area contributed by atoms with Gasteiger partial charge in [-0.25, -0.2) is 0 Å². The summed E-state index contributed by atoms with van der Waals surface area (Å²) in [6.45, 7) is 2.72. The molecule has 0 heterocycles. The van der Waals surface area contributed by atoms with Crippen LogP contribution in [0, 0.1) is 0 Å². The van der Waals surface area contributed by atoms with E-state index in [0.717, 1.165) is 31.3 Å². The summed E-state index contributed by atoms with van der Waals surface area (Å²) in [6, 6.07) is 8.93. The first-order chi connectivity index (χ1) is 8.70. The maximum Gasteiger partial charge on any atom is 0.103 e. The lowest BCUT2D eigenvalue weighted by atomic mass is 10.1. The van der Waals surface area contributed by atoms with Crippen LogP contribution in [0.4, 0.5) is 0 Å². The predicted octanol–water partition coefficient (Wildman–Crippen LogP) is 1.93. The van der Waals surface area contributed by atoms with Crippen molar-refractivity contribution in [2.75, 3.05) is 20.3 Å². The number of nitrogens with zero attached hydrogens (tertiary/aromatic N) is 1. The van der Waals surface area contributed by atoms with Crippen LogP contribution in [0.3, 0.4) is 0 Å². The topological polar surface area (TPSA) is 38.5 Å². The van der Waals surface area contributed by atoms with Crippen LogP contribution in [-0.4, -0.2) is 36.2 Å².